The molecule has 0 spiro atoms. The predicted octanol–water partition coefficient (Wildman–Crippen LogP) is 2.77. The first kappa shape index (κ1) is 9.60. The van der Waals surface area contributed by atoms with Crippen LogP contribution in [0.4, 0.5) is 5.69 Å². The Hall–Kier alpha value is -1.49. The van der Waals surface area contributed by atoms with Gasteiger partial charge in [0.25, 0.3) is 0 Å². The molecule has 0 aliphatic heterocycles. The van der Waals surface area contributed by atoms with Crippen molar-refractivity contribution in [3.05, 3.63) is 29.8 Å². The fourth-order valence-electron chi connectivity index (χ4n) is 1.03. The van der Waals surface area contributed by atoms with Crippen LogP contribution in [0.25, 0.3) is 0 Å². The Kier molecular flexibility index (Phi) is 3.33. The Balaban J connectivity index is 2.65. The molecule has 2 nitrogen and oxygen atoms in total. The summed E-state index contributed by atoms with van der Waals surface area (Å²) in [5.74, 6) is 0. The normalized spacial score (nSPS) is 11.8. The second-order valence-corrected chi connectivity index (χ2v) is 3.14. The minimum Gasteiger partial charge on any atom is -0.383 e. The third-order valence-corrected chi connectivity index (χ3v) is 2.04. The van der Waals surface area contributed by atoms with E-state index >= 15 is 0 Å². The van der Waals surface area contributed by atoms with Crippen LogP contribution >= 0.6 is 0 Å². The first-order valence-corrected chi connectivity index (χ1v) is 4.53. The number of hydrogen-bond donors (Lipinski definition) is 1. The van der Waals surface area contributed by atoms with Gasteiger partial charge in [-0.05, 0) is 37.6 Å². The highest BCUT2D eigenvalue weighted by Crippen LogP contribution is 2.10. The van der Waals surface area contributed by atoms with Crippen molar-refractivity contribution >= 4 is 5.69 Å². The summed E-state index contributed by atoms with van der Waals surface area (Å²) in [6, 6.07) is 10.1. The van der Waals surface area contributed by atoms with Gasteiger partial charge in [-0.3, -0.25) is 0 Å². The van der Waals surface area contributed by atoms with Gasteiger partial charge in [0.05, 0.1) is 11.6 Å². The van der Waals surface area contributed by atoms with Crippen LogP contribution in [-0.4, -0.2) is 6.04 Å². The van der Waals surface area contributed by atoms with Crippen molar-refractivity contribution in [2.24, 2.45) is 0 Å². The molecule has 0 radical (unpaired) electrons. The Morgan fingerprint density at radius 1 is 1.38 bits per heavy atom. The van der Waals surface area contributed by atoms with Gasteiger partial charge >= 0.3 is 0 Å². The summed E-state index contributed by atoms with van der Waals surface area (Å²) in [5, 5.41) is 11.9. The minimum absolute atomic E-state index is 0.480. The summed E-state index contributed by atoms with van der Waals surface area (Å²) in [4.78, 5) is 0. The van der Waals surface area contributed by atoms with E-state index in [1.165, 1.54) is 0 Å². The van der Waals surface area contributed by atoms with E-state index in [-0.39, 0.29) is 0 Å². The SMILES string of the molecule is CCC(C)Nc1ccc(C#N)cc1. The molecule has 0 heterocycles. The highest BCUT2D eigenvalue weighted by molar-refractivity contribution is 5.47. The van der Waals surface area contributed by atoms with Crippen LogP contribution in [0.3, 0.4) is 0 Å². The molecular formula is C11H14N2. The lowest BCUT2D eigenvalue weighted by Gasteiger charge is -2.12. The molecule has 68 valence electrons. The summed E-state index contributed by atoms with van der Waals surface area (Å²) in [6.45, 7) is 4.28. The number of benzene rings is 1. The van der Waals surface area contributed by atoms with Gasteiger partial charge in [-0.2, -0.15) is 5.26 Å². The smallest absolute Gasteiger partial charge is 0.0991 e. The monoisotopic (exact) mass is 174 g/mol. The zero-order valence-electron chi connectivity index (χ0n) is 8.04. The highest BCUT2D eigenvalue weighted by Gasteiger charge is 1.97. The van der Waals surface area contributed by atoms with Gasteiger partial charge in [0, 0.05) is 11.7 Å². The lowest BCUT2D eigenvalue weighted by Crippen LogP contribution is -2.12. The van der Waals surface area contributed by atoms with Crippen molar-refractivity contribution < 1.29 is 0 Å². The Bertz CT molecular complexity index is 295. The number of nitrogens with one attached hydrogen (secondary N) is 1. The summed E-state index contributed by atoms with van der Waals surface area (Å²) in [5.41, 5.74) is 1.78. The molecule has 0 aliphatic rings. The van der Waals surface area contributed by atoms with E-state index in [0.29, 0.717) is 11.6 Å². The molecule has 0 amide bonds. The number of hydrogen-bond acceptors (Lipinski definition) is 2. The molecular weight excluding hydrogens is 160 g/mol. The van der Waals surface area contributed by atoms with E-state index in [1.54, 1.807) is 0 Å². The maximum Gasteiger partial charge on any atom is 0.0991 e. The third-order valence-electron chi connectivity index (χ3n) is 2.04. The van der Waals surface area contributed by atoms with Crippen molar-refractivity contribution in [3.63, 3.8) is 0 Å². The molecule has 0 saturated carbocycles. The van der Waals surface area contributed by atoms with Crippen LogP contribution in [0.1, 0.15) is 25.8 Å². The average Bonchev–Trinajstić information content (AvgIpc) is 2.19. The first-order valence-electron chi connectivity index (χ1n) is 4.53. The van der Waals surface area contributed by atoms with Gasteiger partial charge in [-0.1, -0.05) is 6.92 Å². The molecule has 0 saturated heterocycles. The van der Waals surface area contributed by atoms with Gasteiger partial charge in [0.15, 0.2) is 0 Å². The number of rotatable bonds is 3. The van der Waals surface area contributed by atoms with Gasteiger partial charge < -0.3 is 5.32 Å². The van der Waals surface area contributed by atoms with Gasteiger partial charge in [-0.15, -0.1) is 0 Å². The fraction of sp³-hybridized carbons (Fsp3) is 0.364. The molecule has 1 N–H and O–H groups in total. The average molecular weight is 174 g/mol. The van der Waals surface area contributed by atoms with Crippen LogP contribution < -0.4 is 5.32 Å². The summed E-state index contributed by atoms with van der Waals surface area (Å²) >= 11 is 0. The van der Waals surface area contributed by atoms with Gasteiger partial charge in [0.1, 0.15) is 0 Å². The van der Waals surface area contributed by atoms with Crippen molar-refractivity contribution in [2.75, 3.05) is 5.32 Å². The summed E-state index contributed by atoms with van der Waals surface area (Å²) in [7, 11) is 0. The van der Waals surface area contributed by atoms with E-state index in [9.17, 15) is 0 Å². The van der Waals surface area contributed by atoms with Crippen molar-refractivity contribution in [1.29, 1.82) is 5.26 Å². The second kappa shape index (κ2) is 4.51. The van der Waals surface area contributed by atoms with Crippen molar-refractivity contribution in [2.45, 2.75) is 26.3 Å². The zero-order chi connectivity index (χ0) is 9.68. The molecule has 0 aromatic heterocycles. The molecule has 0 aliphatic carbocycles. The van der Waals surface area contributed by atoms with Gasteiger partial charge in [0.2, 0.25) is 0 Å². The van der Waals surface area contributed by atoms with Crippen LogP contribution in [0.15, 0.2) is 24.3 Å². The quantitative estimate of drug-likeness (QED) is 0.764. The lowest BCUT2D eigenvalue weighted by atomic mass is 10.2. The van der Waals surface area contributed by atoms with Crippen LogP contribution in [0, 0.1) is 11.3 Å². The largest absolute Gasteiger partial charge is 0.383 e. The Labute approximate surface area is 79.2 Å². The zero-order valence-corrected chi connectivity index (χ0v) is 8.04. The first-order chi connectivity index (χ1) is 6.26. The molecule has 1 aromatic rings. The van der Waals surface area contributed by atoms with Crippen molar-refractivity contribution in [1.82, 2.24) is 0 Å². The van der Waals surface area contributed by atoms with Crippen LogP contribution in [-0.2, 0) is 0 Å². The third kappa shape index (κ3) is 2.79. The van der Waals surface area contributed by atoms with E-state index in [2.05, 4.69) is 25.2 Å². The summed E-state index contributed by atoms with van der Waals surface area (Å²) < 4.78 is 0. The highest BCUT2D eigenvalue weighted by atomic mass is 14.9. The molecule has 1 aromatic carbocycles. The molecule has 0 fully saturated rings. The number of nitrogens with zero attached hydrogens (tertiary/aromatic N) is 1. The maximum absolute atomic E-state index is 8.59. The molecule has 1 atom stereocenters. The molecule has 1 rings (SSSR count). The van der Waals surface area contributed by atoms with Crippen molar-refractivity contribution in [3.8, 4) is 6.07 Å². The topological polar surface area (TPSA) is 35.8 Å². The second-order valence-electron chi connectivity index (χ2n) is 3.14. The Morgan fingerprint density at radius 2 is 2.00 bits per heavy atom. The summed E-state index contributed by atoms with van der Waals surface area (Å²) in [6.07, 6.45) is 1.10. The number of nitriles is 1. The van der Waals surface area contributed by atoms with E-state index < -0.39 is 0 Å². The van der Waals surface area contributed by atoms with Crippen LogP contribution in [0.5, 0.6) is 0 Å². The lowest BCUT2D eigenvalue weighted by molar-refractivity contribution is 0.764. The predicted molar refractivity (Wildman–Crippen MR) is 54.5 cm³/mol. The molecule has 1 unspecified atom stereocenters. The van der Waals surface area contributed by atoms with Crippen LogP contribution in [0.2, 0.25) is 0 Å². The molecule has 0 bridgehead atoms. The molecule has 2 heteroatoms. The van der Waals surface area contributed by atoms with E-state index in [1.807, 2.05) is 24.3 Å². The number of anilines is 1. The maximum atomic E-state index is 8.59. The Morgan fingerprint density at radius 3 is 2.46 bits per heavy atom. The van der Waals surface area contributed by atoms with Gasteiger partial charge in [-0.25, -0.2) is 0 Å². The minimum atomic E-state index is 0.480. The fourth-order valence-corrected chi connectivity index (χ4v) is 1.03. The van der Waals surface area contributed by atoms with E-state index in [0.717, 1.165) is 12.1 Å². The standard InChI is InChI=1S/C11H14N2/c1-3-9(2)13-11-6-4-10(8-12)5-7-11/h4-7,9,13H,3H2,1-2H3. The van der Waals surface area contributed by atoms with E-state index in [4.69, 9.17) is 5.26 Å². The molecule has 13 heavy (non-hydrogen) atoms.